The summed E-state index contributed by atoms with van der Waals surface area (Å²) < 4.78 is 20.3. The topological polar surface area (TPSA) is 49.8 Å². The van der Waals surface area contributed by atoms with E-state index in [1.54, 1.807) is 19.1 Å². The number of aryl methyl sites for hydroxylation is 1. The summed E-state index contributed by atoms with van der Waals surface area (Å²) in [5, 5.41) is 12.2. The lowest BCUT2D eigenvalue weighted by Gasteiger charge is -2.36. The van der Waals surface area contributed by atoms with Crippen LogP contribution in [0.2, 0.25) is 0 Å². The van der Waals surface area contributed by atoms with E-state index in [1.165, 1.54) is 28.5 Å². The van der Waals surface area contributed by atoms with Crippen molar-refractivity contribution in [3.63, 3.8) is 0 Å². The number of carboxylic acid groups (broad SMARTS) is 1. The highest BCUT2D eigenvalue weighted by Crippen LogP contribution is 2.40. The molecule has 1 aliphatic heterocycles. The molecule has 4 aromatic carbocycles. The van der Waals surface area contributed by atoms with Crippen molar-refractivity contribution in [1.82, 2.24) is 0 Å². The lowest BCUT2D eigenvalue weighted by atomic mass is 9.90. The first-order valence-corrected chi connectivity index (χ1v) is 12.5. The lowest BCUT2D eigenvalue weighted by Crippen LogP contribution is -2.37. The van der Waals surface area contributed by atoms with Crippen molar-refractivity contribution < 1.29 is 19.0 Å². The summed E-state index contributed by atoms with van der Waals surface area (Å²) in [6, 6.07) is 24.9. The number of nitrogens with zero attached hydrogens (tertiary/aromatic N) is 1. The van der Waals surface area contributed by atoms with Crippen LogP contribution >= 0.6 is 0 Å². The molecule has 0 aliphatic carbocycles. The average molecular weight is 484 g/mol. The van der Waals surface area contributed by atoms with Crippen LogP contribution in [0.1, 0.15) is 53.6 Å². The zero-order valence-corrected chi connectivity index (χ0v) is 20.6. The Kier molecular flexibility index (Phi) is 6.64. The van der Waals surface area contributed by atoms with Crippen molar-refractivity contribution >= 4 is 28.1 Å². The van der Waals surface area contributed by atoms with Gasteiger partial charge in [-0.05, 0) is 78.3 Å². The van der Waals surface area contributed by atoms with E-state index < -0.39 is 5.97 Å². The molecule has 0 radical (unpaired) electrons. The third-order valence-electron chi connectivity index (χ3n) is 7.17. The maximum atomic E-state index is 14.1. The van der Waals surface area contributed by atoms with Gasteiger partial charge in [-0.2, -0.15) is 0 Å². The van der Waals surface area contributed by atoms with Crippen molar-refractivity contribution in [3.05, 3.63) is 101 Å². The summed E-state index contributed by atoms with van der Waals surface area (Å²) in [6.45, 7) is 4.62. The molecule has 4 aromatic rings. The Labute approximate surface area is 211 Å². The van der Waals surface area contributed by atoms with Crippen molar-refractivity contribution in [2.45, 2.75) is 45.1 Å². The van der Waals surface area contributed by atoms with E-state index in [-0.39, 0.29) is 17.5 Å². The van der Waals surface area contributed by atoms with Gasteiger partial charge in [0.2, 0.25) is 0 Å². The van der Waals surface area contributed by atoms with Gasteiger partial charge in [-0.3, -0.25) is 0 Å². The standard InChI is InChI=1S/C31H30FNO3/c1-20(26-12-6-9-22-8-3-4-11-27(22)26)7-5-10-25-19-33(29-16-14-23(32)17-30(29)36-25)24-15-13-21(2)28(18-24)31(34)35/h3-4,6,8-9,11-18,20,25H,5,7,10,19H2,1-2H3,(H,34,35)/t20-,25?/m0/s1. The van der Waals surface area contributed by atoms with Crippen LogP contribution in [0, 0.1) is 12.7 Å². The number of benzene rings is 4. The van der Waals surface area contributed by atoms with E-state index >= 15 is 0 Å². The van der Waals surface area contributed by atoms with Gasteiger partial charge in [-0.1, -0.05) is 55.5 Å². The summed E-state index contributed by atoms with van der Waals surface area (Å²) in [4.78, 5) is 13.8. The molecule has 0 saturated carbocycles. The molecular weight excluding hydrogens is 453 g/mol. The van der Waals surface area contributed by atoms with Gasteiger partial charge < -0.3 is 14.7 Å². The Balaban J connectivity index is 1.34. The Morgan fingerprint density at radius 2 is 1.89 bits per heavy atom. The van der Waals surface area contributed by atoms with E-state index in [0.717, 1.165) is 30.6 Å². The normalized spacial score (nSPS) is 15.9. The summed E-state index contributed by atoms with van der Waals surface area (Å²) in [5.41, 5.74) is 3.84. The first-order chi connectivity index (χ1) is 17.4. The molecule has 0 bridgehead atoms. The molecule has 4 nitrogen and oxygen atoms in total. The predicted octanol–water partition coefficient (Wildman–Crippen LogP) is 7.86. The largest absolute Gasteiger partial charge is 0.486 e. The highest BCUT2D eigenvalue weighted by Gasteiger charge is 2.28. The molecule has 0 spiro atoms. The fourth-order valence-corrected chi connectivity index (χ4v) is 5.21. The molecule has 5 rings (SSSR count). The third-order valence-corrected chi connectivity index (χ3v) is 7.17. The molecular formula is C31H30FNO3. The molecule has 1 N–H and O–H groups in total. The number of rotatable bonds is 7. The van der Waals surface area contributed by atoms with Crippen LogP contribution in [0.15, 0.2) is 78.9 Å². The molecule has 1 heterocycles. The number of fused-ring (bicyclic) bond motifs is 2. The number of hydrogen-bond donors (Lipinski definition) is 1. The number of carboxylic acids is 1. The Morgan fingerprint density at radius 3 is 2.72 bits per heavy atom. The summed E-state index contributed by atoms with van der Waals surface area (Å²) in [6.07, 6.45) is 2.66. The van der Waals surface area contributed by atoms with E-state index in [1.807, 2.05) is 17.0 Å². The predicted molar refractivity (Wildman–Crippen MR) is 142 cm³/mol. The lowest BCUT2D eigenvalue weighted by molar-refractivity contribution is 0.0696. The molecule has 0 saturated heterocycles. The van der Waals surface area contributed by atoms with Crippen LogP contribution in [0.4, 0.5) is 15.8 Å². The van der Waals surface area contributed by atoms with Gasteiger partial charge in [0.1, 0.15) is 17.7 Å². The first kappa shape index (κ1) is 23.9. The molecule has 1 unspecified atom stereocenters. The van der Waals surface area contributed by atoms with Gasteiger partial charge in [0, 0.05) is 11.8 Å². The smallest absolute Gasteiger partial charge is 0.336 e. The van der Waals surface area contributed by atoms with E-state index in [9.17, 15) is 14.3 Å². The summed E-state index contributed by atoms with van der Waals surface area (Å²) >= 11 is 0. The second-order valence-corrected chi connectivity index (χ2v) is 9.67. The zero-order chi connectivity index (χ0) is 25.2. The molecule has 1 aliphatic rings. The molecule has 2 atom stereocenters. The van der Waals surface area contributed by atoms with Crippen LogP contribution in [0.25, 0.3) is 10.8 Å². The minimum Gasteiger partial charge on any atom is -0.486 e. The SMILES string of the molecule is Cc1ccc(N2CC(CCC[C@H](C)c3cccc4ccccc34)Oc3cc(F)ccc32)cc1C(=O)O. The average Bonchev–Trinajstić information content (AvgIpc) is 2.87. The number of carbonyl (C=O) groups is 1. The maximum Gasteiger partial charge on any atom is 0.336 e. The molecule has 5 heteroatoms. The van der Waals surface area contributed by atoms with Gasteiger partial charge in [0.05, 0.1) is 17.8 Å². The van der Waals surface area contributed by atoms with Crippen LogP contribution in [0.3, 0.4) is 0 Å². The van der Waals surface area contributed by atoms with Crippen LogP contribution in [-0.2, 0) is 0 Å². The monoisotopic (exact) mass is 483 g/mol. The highest BCUT2D eigenvalue weighted by atomic mass is 19.1. The quantitative estimate of drug-likeness (QED) is 0.291. The van der Waals surface area contributed by atoms with Crippen molar-refractivity contribution in [2.24, 2.45) is 0 Å². The van der Waals surface area contributed by atoms with Gasteiger partial charge in [0.15, 0.2) is 0 Å². The molecule has 184 valence electrons. The first-order valence-electron chi connectivity index (χ1n) is 12.5. The van der Waals surface area contributed by atoms with Gasteiger partial charge in [-0.15, -0.1) is 0 Å². The number of halogens is 1. The number of hydrogen-bond acceptors (Lipinski definition) is 3. The molecule has 0 aromatic heterocycles. The molecule has 0 amide bonds. The van der Waals surface area contributed by atoms with Crippen molar-refractivity contribution in [1.29, 1.82) is 0 Å². The second kappa shape index (κ2) is 10.0. The summed E-state index contributed by atoms with van der Waals surface area (Å²) in [7, 11) is 0. The van der Waals surface area contributed by atoms with Crippen molar-refractivity contribution in [3.8, 4) is 5.75 Å². The fraction of sp³-hybridized carbons (Fsp3) is 0.258. The maximum absolute atomic E-state index is 14.1. The second-order valence-electron chi connectivity index (χ2n) is 9.67. The van der Waals surface area contributed by atoms with Crippen LogP contribution in [0.5, 0.6) is 5.75 Å². The minimum absolute atomic E-state index is 0.131. The van der Waals surface area contributed by atoms with Crippen LogP contribution in [-0.4, -0.2) is 23.7 Å². The zero-order valence-electron chi connectivity index (χ0n) is 20.6. The fourth-order valence-electron chi connectivity index (χ4n) is 5.21. The molecule has 36 heavy (non-hydrogen) atoms. The Bertz CT molecular complexity index is 1410. The highest BCUT2D eigenvalue weighted by molar-refractivity contribution is 5.91. The number of ether oxygens (including phenoxy) is 1. The Morgan fingerprint density at radius 1 is 1.08 bits per heavy atom. The van der Waals surface area contributed by atoms with E-state index in [2.05, 4.69) is 49.4 Å². The summed E-state index contributed by atoms with van der Waals surface area (Å²) in [5.74, 6) is -0.420. The van der Waals surface area contributed by atoms with E-state index in [4.69, 9.17) is 4.74 Å². The van der Waals surface area contributed by atoms with Gasteiger partial charge in [0.25, 0.3) is 0 Å². The van der Waals surface area contributed by atoms with Crippen molar-refractivity contribution in [2.75, 3.05) is 11.4 Å². The third kappa shape index (κ3) is 4.78. The Hall–Kier alpha value is -3.86. The van der Waals surface area contributed by atoms with Gasteiger partial charge >= 0.3 is 5.97 Å². The number of aromatic carboxylic acids is 1. The molecule has 0 fully saturated rings. The minimum atomic E-state index is -0.957. The van der Waals surface area contributed by atoms with Gasteiger partial charge in [-0.25, -0.2) is 9.18 Å². The van der Waals surface area contributed by atoms with Crippen LogP contribution < -0.4 is 9.64 Å². The number of anilines is 2. The van der Waals surface area contributed by atoms with E-state index in [0.29, 0.717) is 23.8 Å².